The summed E-state index contributed by atoms with van der Waals surface area (Å²) in [7, 11) is 0. The van der Waals surface area contributed by atoms with Crippen LogP contribution in [0.5, 0.6) is 0 Å². The number of carboxylic acids is 2. The van der Waals surface area contributed by atoms with Crippen LogP contribution in [0, 0.1) is 56.7 Å². The van der Waals surface area contributed by atoms with Crippen molar-refractivity contribution in [1.29, 1.82) is 0 Å². The summed E-state index contributed by atoms with van der Waals surface area (Å²) < 4.78 is 5.67. The number of carbonyl (C=O) groups is 3. The van der Waals surface area contributed by atoms with Gasteiger partial charge >= 0.3 is 18.0 Å². The van der Waals surface area contributed by atoms with Gasteiger partial charge in [0.15, 0.2) is 0 Å². The molecule has 4 fully saturated rings. The largest absolute Gasteiger partial charge is 0.481 e. The van der Waals surface area contributed by atoms with Crippen LogP contribution < -0.4 is 5.32 Å². The Kier molecular flexibility index (Phi) is 7.92. The first-order chi connectivity index (χ1) is 21.3. The topological polar surface area (TPSA) is 113 Å². The number of ether oxygens (including phenoxy) is 1. The Morgan fingerprint density at radius 1 is 0.848 bits per heavy atom. The Balaban J connectivity index is 1.31. The summed E-state index contributed by atoms with van der Waals surface area (Å²) in [5.74, 6) is -0.421. The van der Waals surface area contributed by atoms with Crippen LogP contribution in [-0.2, 0) is 14.3 Å². The lowest BCUT2D eigenvalue weighted by Gasteiger charge is -2.72. The second kappa shape index (κ2) is 10.9. The van der Waals surface area contributed by atoms with Crippen molar-refractivity contribution in [3.63, 3.8) is 0 Å². The van der Waals surface area contributed by atoms with Crippen molar-refractivity contribution in [2.24, 2.45) is 56.7 Å². The quantitative estimate of drug-likeness (QED) is 0.284. The molecule has 0 aromatic heterocycles. The maximum absolute atomic E-state index is 13.1. The molecule has 10 atom stereocenters. The van der Waals surface area contributed by atoms with Crippen molar-refractivity contribution in [2.75, 3.05) is 0 Å². The van der Waals surface area contributed by atoms with Gasteiger partial charge in [0.2, 0.25) is 0 Å². The molecule has 0 aromatic carbocycles. The molecular formula is C39H59NO6. The Bertz CT molecular complexity index is 1360. The molecule has 6 rings (SSSR count). The van der Waals surface area contributed by atoms with Crippen LogP contribution in [0.15, 0.2) is 23.3 Å². The molecular weight excluding hydrogens is 578 g/mol. The van der Waals surface area contributed by atoms with E-state index < -0.39 is 29.0 Å². The molecule has 1 amide bonds. The summed E-state index contributed by atoms with van der Waals surface area (Å²) in [4.78, 5) is 37.7. The third kappa shape index (κ3) is 4.82. The average molecular weight is 638 g/mol. The fourth-order valence-corrected chi connectivity index (χ4v) is 13.0. The van der Waals surface area contributed by atoms with Gasteiger partial charge in [0.05, 0.1) is 11.3 Å². The van der Waals surface area contributed by atoms with Gasteiger partial charge in [-0.1, -0.05) is 46.8 Å². The molecule has 0 saturated heterocycles. The van der Waals surface area contributed by atoms with Gasteiger partial charge in [0.25, 0.3) is 0 Å². The fourth-order valence-electron chi connectivity index (χ4n) is 13.0. The zero-order valence-electron chi connectivity index (χ0n) is 29.6. The Morgan fingerprint density at radius 3 is 2.17 bits per heavy atom. The van der Waals surface area contributed by atoms with Crippen LogP contribution in [-0.4, -0.2) is 39.9 Å². The number of nitrogens with one attached hydrogen (secondary N) is 1. The molecule has 0 bridgehead atoms. The SMILES string of the molecule is CC(C)(C)OC(=O)N[C@@H]1CC[C@]2(C(=O)O)CC[C@]3(C)[C@H](CC[C@@H]4[C@@]5(C)CC=C(C6=CCC(C(=O)O)CC6)C(C)(C)[C@@H]5CC[C@]43C)[C@@H]12. The Morgan fingerprint density at radius 2 is 1.57 bits per heavy atom. The standard InChI is InChI=1S/C39H59NO6/c1-34(2,3)46-33(45)40-27-16-20-39(32(43)44)22-21-37(7)26(30(27)39)13-14-29-36(6)18-15-25(23-9-11-24(12-10-23)31(41)42)35(4,5)28(36)17-19-38(29,37)8/h9,15,24,26-30H,10-14,16-22H2,1-8H3,(H,40,45)(H,41,42)(H,43,44)/t24?,26-,27-,28+,29-,30+,36+,37-,38-,39+/m1/s1. The summed E-state index contributed by atoms with van der Waals surface area (Å²) in [6, 6.07) is -0.189. The molecule has 0 spiro atoms. The third-order valence-electron chi connectivity index (χ3n) is 15.2. The molecule has 1 unspecified atom stereocenters. The van der Waals surface area contributed by atoms with Crippen LogP contribution in [0.1, 0.15) is 132 Å². The molecule has 256 valence electrons. The number of hydrogen-bond donors (Lipinski definition) is 3. The summed E-state index contributed by atoms with van der Waals surface area (Å²) >= 11 is 0. The third-order valence-corrected chi connectivity index (χ3v) is 15.2. The van der Waals surface area contributed by atoms with E-state index in [1.807, 2.05) is 20.8 Å². The summed E-state index contributed by atoms with van der Waals surface area (Å²) in [6.07, 6.45) is 14.8. The number of aliphatic carboxylic acids is 2. The monoisotopic (exact) mass is 637 g/mol. The molecule has 7 nitrogen and oxygen atoms in total. The number of rotatable bonds is 4. The van der Waals surface area contributed by atoms with Crippen molar-refractivity contribution in [1.82, 2.24) is 5.32 Å². The highest BCUT2D eigenvalue weighted by molar-refractivity contribution is 5.77. The maximum Gasteiger partial charge on any atom is 0.407 e. The van der Waals surface area contributed by atoms with Gasteiger partial charge < -0.3 is 20.3 Å². The van der Waals surface area contributed by atoms with E-state index in [0.717, 1.165) is 51.4 Å². The van der Waals surface area contributed by atoms with Crippen LogP contribution in [0.25, 0.3) is 0 Å². The number of carboxylic acid groups (broad SMARTS) is 2. The lowest BCUT2D eigenvalue weighted by atomic mass is 9.32. The zero-order valence-corrected chi connectivity index (χ0v) is 29.6. The van der Waals surface area contributed by atoms with Crippen LogP contribution in [0.3, 0.4) is 0 Å². The van der Waals surface area contributed by atoms with Gasteiger partial charge in [0, 0.05) is 6.04 Å². The van der Waals surface area contributed by atoms with Crippen molar-refractivity contribution in [3.05, 3.63) is 23.3 Å². The minimum Gasteiger partial charge on any atom is -0.481 e. The van der Waals surface area contributed by atoms with Crippen LogP contribution in [0.4, 0.5) is 4.79 Å². The minimum atomic E-state index is -0.786. The molecule has 0 aromatic rings. The first-order valence-electron chi connectivity index (χ1n) is 18.2. The summed E-state index contributed by atoms with van der Waals surface area (Å²) in [5.41, 5.74) is 1.63. The normalized spacial score (nSPS) is 44.7. The molecule has 0 heterocycles. The highest BCUT2D eigenvalue weighted by atomic mass is 16.6. The number of carbonyl (C=O) groups excluding carboxylic acids is 1. The van der Waals surface area contributed by atoms with Crippen molar-refractivity contribution >= 4 is 18.0 Å². The van der Waals surface area contributed by atoms with Crippen molar-refractivity contribution in [2.45, 2.75) is 144 Å². The molecule has 0 radical (unpaired) electrons. The van der Waals surface area contributed by atoms with Crippen molar-refractivity contribution in [3.8, 4) is 0 Å². The van der Waals surface area contributed by atoms with E-state index in [1.54, 1.807) is 0 Å². The molecule has 46 heavy (non-hydrogen) atoms. The van der Waals surface area contributed by atoms with Gasteiger partial charge in [-0.05, 0) is 154 Å². The van der Waals surface area contributed by atoms with E-state index in [4.69, 9.17) is 4.74 Å². The van der Waals surface area contributed by atoms with E-state index >= 15 is 0 Å². The van der Waals surface area contributed by atoms with E-state index in [0.29, 0.717) is 37.5 Å². The Labute approximate surface area is 276 Å². The van der Waals surface area contributed by atoms with E-state index in [9.17, 15) is 24.6 Å². The Hall–Kier alpha value is -2.31. The van der Waals surface area contributed by atoms with Gasteiger partial charge in [-0.15, -0.1) is 0 Å². The van der Waals surface area contributed by atoms with Gasteiger partial charge in [-0.3, -0.25) is 9.59 Å². The number of alkyl carbamates (subject to hydrolysis) is 1. The zero-order chi connectivity index (χ0) is 33.7. The molecule has 6 aliphatic rings. The van der Waals surface area contributed by atoms with Crippen molar-refractivity contribution < 1.29 is 29.3 Å². The molecule has 3 N–H and O–H groups in total. The summed E-state index contributed by atoms with van der Waals surface area (Å²) in [5, 5.41) is 23.5. The maximum atomic E-state index is 13.1. The lowest BCUT2D eigenvalue weighted by Crippen LogP contribution is -2.66. The fraction of sp³-hybridized carbons (Fsp3) is 0.821. The van der Waals surface area contributed by atoms with Gasteiger partial charge in [0.1, 0.15) is 5.60 Å². The first-order valence-corrected chi connectivity index (χ1v) is 18.2. The highest BCUT2D eigenvalue weighted by Gasteiger charge is 2.72. The number of hydrogen-bond acceptors (Lipinski definition) is 4. The first kappa shape index (κ1) is 33.6. The predicted molar refractivity (Wildman–Crippen MR) is 178 cm³/mol. The minimum absolute atomic E-state index is 0.00683. The van der Waals surface area contributed by atoms with Gasteiger partial charge in [-0.2, -0.15) is 0 Å². The molecule has 0 aliphatic heterocycles. The average Bonchev–Trinajstić information content (AvgIpc) is 3.31. The van der Waals surface area contributed by atoms with E-state index in [2.05, 4.69) is 52.1 Å². The predicted octanol–water partition coefficient (Wildman–Crippen LogP) is 8.78. The smallest absolute Gasteiger partial charge is 0.407 e. The molecule has 6 aliphatic carbocycles. The highest BCUT2D eigenvalue weighted by Crippen LogP contribution is 2.77. The van der Waals surface area contributed by atoms with E-state index in [1.165, 1.54) is 11.1 Å². The summed E-state index contributed by atoms with van der Waals surface area (Å²) in [6.45, 7) is 18.1. The lowest BCUT2D eigenvalue weighted by molar-refractivity contribution is -0.228. The number of fused-ring (bicyclic) bond motifs is 7. The van der Waals surface area contributed by atoms with Gasteiger partial charge in [-0.25, -0.2) is 4.79 Å². The molecule has 4 saturated carbocycles. The van der Waals surface area contributed by atoms with Crippen LogP contribution >= 0.6 is 0 Å². The second-order valence-corrected chi connectivity index (χ2v) is 18.5. The van der Waals surface area contributed by atoms with Crippen LogP contribution in [0.2, 0.25) is 0 Å². The second-order valence-electron chi connectivity index (χ2n) is 18.5. The van der Waals surface area contributed by atoms with E-state index in [-0.39, 0.29) is 45.5 Å². The number of allylic oxidation sites excluding steroid dienone is 4. The number of amides is 1. The molecule has 7 heteroatoms.